The fraction of sp³-hybridized carbons (Fsp3) is 0. The number of thiophene rings is 2. The standard InChI is InChI=1S/C50H32N4O2S2/c51-32-36(50(55)56)31-40-25-28-44(57-40)45-30-29-43(58-45)42-27-26-41(33-21-23-39(24-22-33)54(37-17-9-3-10-18-37)38-19-11-4-12-20-38)48-49(42)53-47(35-15-7-2-8-16-35)46(52-48)34-13-5-1-6-14-34/h1-31H,(H,55,56)/b36-31+. The average Bonchev–Trinajstić information content (AvgIpc) is 3.97. The summed E-state index contributed by atoms with van der Waals surface area (Å²) in [6.45, 7) is 0. The van der Waals surface area contributed by atoms with Gasteiger partial charge in [0.1, 0.15) is 11.6 Å². The van der Waals surface area contributed by atoms with Crippen LogP contribution >= 0.6 is 22.7 Å². The number of carbonyl (C=O) groups is 1. The number of para-hydroxylation sites is 2. The van der Waals surface area contributed by atoms with Crippen LogP contribution in [0.25, 0.3) is 70.9 Å². The van der Waals surface area contributed by atoms with Gasteiger partial charge in [-0.3, -0.25) is 0 Å². The van der Waals surface area contributed by atoms with E-state index in [1.807, 2.05) is 60.7 Å². The molecular formula is C50H32N4O2S2. The molecule has 6 aromatic carbocycles. The molecule has 9 rings (SSSR count). The van der Waals surface area contributed by atoms with Crippen molar-refractivity contribution in [3.63, 3.8) is 0 Å². The zero-order chi connectivity index (χ0) is 39.4. The Morgan fingerprint density at radius 2 is 0.983 bits per heavy atom. The van der Waals surface area contributed by atoms with Crippen LogP contribution in [-0.2, 0) is 4.79 Å². The predicted molar refractivity (Wildman–Crippen MR) is 238 cm³/mol. The second-order valence-electron chi connectivity index (χ2n) is 13.4. The largest absolute Gasteiger partial charge is 0.477 e. The summed E-state index contributed by atoms with van der Waals surface area (Å²) in [4.78, 5) is 28.5. The van der Waals surface area contributed by atoms with Crippen LogP contribution in [0.15, 0.2) is 188 Å². The molecule has 0 saturated heterocycles. The van der Waals surface area contributed by atoms with Crippen molar-refractivity contribution in [1.82, 2.24) is 9.97 Å². The third-order valence-corrected chi connectivity index (χ3v) is 12.1. The molecule has 0 aliphatic carbocycles. The van der Waals surface area contributed by atoms with E-state index in [9.17, 15) is 15.2 Å². The van der Waals surface area contributed by atoms with Gasteiger partial charge in [0.25, 0.3) is 0 Å². The van der Waals surface area contributed by atoms with Gasteiger partial charge < -0.3 is 10.0 Å². The molecule has 0 bridgehead atoms. The molecule has 3 heterocycles. The summed E-state index contributed by atoms with van der Waals surface area (Å²) in [7, 11) is 0. The number of aromatic nitrogens is 2. The fourth-order valence-electron chi connectivity index (χ4n) is 7.02. The fourth-order valence-corrected chi connectivity index (χ4v) is 9.09. The Balaban J connectivity index is 1.20. The Bertz CT molecular complexity index is 2930. The lowest BCUT2D eigenvalue weighted by atomic mass is 9.97. The van der Waals surface area contributed by atoms with Crippen LogP contribution in [0, 0.1) is 11.3 Å². The number of fused-ring (bicyclic) bond motifs is 1. The van der Waals surface area contributed by atoms with Gasteiger partial charge in [-0.25, -0.2) is 14.8 Å². The quantitative estimate of drug-likeness (QED) is 0.110. The van der Waals surface area contributed by atoms with Gasteiger partial charge in [-0.05, 0) is 72.3 Å². The molecule has 0 unspecified atom stereocenters. The van der Waals surface area contributed by atoms with Crippen molar-refractivity contribution in [2.24, 2.45) is 0 Å². The molecule has 58 heavy (non-hydrogen) atoms. The average molecular weight is 785 g/mol. The number of benzene rings is 6. The van der Waals surface area contributed by atoms with Gasteiger partial charge >= 0.3 is 5.97 Å². The van der Waals surface area contributed by atoms with Gasteiger partial charge in [-0.15, -0.1) is 22.7 Å². The number of nitriles is 1. The second-order valence-corrected chi connectivity index (χ2v) is 15.6. The van der Waals surface area contributed by atoms with Crippen molar-refractivity contribution in [2.75, 3.05) is 4.90 Å². The number of hydrogen-bond acceptors (Lipinski definition) is 7. The Kier molecular flexibility index (Phi) is 9.97. The van der Waals surface area contributed by atoms with Crippen LogP contribution in [0.3, 0.4) is 0 Å². The molecule has 0 amide bonds. The Hall–Kier alpha value is -7.44. The van der Waals surface area contributed by atoms with Crippen LogP contribution in [0.2, 0.25) is 0 Å². The van der Waals surface area contributed by atoms with Crippen molar-refractivity contribution in [1.29, 1.82) is 5.26 Å². The highest BCUT2D eigenvalue weighted by atomic mass is 32.1. The highest BCUT2D eigenvalue weighted by Gasteiger charge is 2.21. The first-order valence-corrected chi connectivity index (χ1v) is 20.2. The molecule has 1 N–H and O–H groups in total. The van der Waals surface area contributed by atoms with Gasteiger partial charge in [0.15, 0.2) is 0 Å². The molecule has 0 atom stereocenters. The molecule has 0 spiro atoms. The summed E-state index contributed by atoms with van der Waals surface area (Å²) in [6.07, 6.45) is 1.41. The Morgan fingerprint density at radius 1 is 0.517 bits per heavy atom. The van der Waals surface area contributed by atoms with Crippen molar-refractivity contribution in [3.8, 4) is 59.9 Å². The molecule has 0 saturated carbocycles. The summed E-state index contributed by atoms with van der Waals surface area (Å²) in [5, 5.41) is 18.6. The smallest absolute Gasteiger partial charge is 0.346 e. The number of hydrogen-bond donors (Lipinski definition) is 1. The Morgan fingerprint density at radius 3 is 1.53 bits per heavy atom. The van der Waals surface area contributed by atoms with Gasteiger partial charge in [0, 0.05) is 58.8 Å². The Labute approximate surface area is 343 Å². The molecular weight excluding hydrogens is 753 g/mol. The first-order chi connectivity index (χ1) is 28.5. The molecule has 276 valence electrons. The normalized spacial score (nSPS) is 11.3. The third kappa shape index (κ3) is 7.19. The van der Waals surface area contributed by atoms with Crippen LogP contribution < -0.4 is 4.90 Å². The number of anilines is 3. The molecule has 0 fully saturated rings. The number of nitrogens with zero attached hydrogens (tertiary/aromatic N) is 4. The van der Waals surface area contributed by atoms with E-state index in [0.717, 1.165) is 81.9 Å². The van der Waals surface area contributed by atoms with Gasteiger partial charge in [-0.1, -0.05) is 121 Å². The van der Waals surface area contributed by atoms with Crippen LogP contribution in [0.5, 0.6) is 0 Å². The number of carboxylic acid groups (broad SMARTS) is 1. The van der Waals surface area contributed by atoms with Crippen LogP contribution in [0.4, 0.5) is 17.1 Å². The topological polar surface area (TPSA) is 90.1 Å². The summed E-state index contributed by atoms with van der Waals surface area (Å²) < 4.78 is 0. The van der Waals surface area contributed by atoms with E-state index in [1.165, 1.54) is 17.4 Å². The van der Waals surface area contributed by atoms with Crippen molar-refractivity contribution in [2.45, 2.75) is 0 Å². The van der Waals surface area contributed by atoms with Crippen LogP contribution in [-0.4, -0.2) is 21.0 Å². The maximum atomic E-state index is 11.5. The lowest BCUT2D eigenvalue weighted by Crippen LogP contribution is -2.09. The highest BCUT2D eigenvalue weighted by Crippen LogP contribution is 2.44. The summed E-state index contributed by atoms with van der Waals surface area (Å²) in [5.41, 5.74) is 11.0. The van der Waals surface area contributed by atoms with E-state index in [2.05, 4.69) is 126 Å². The van der Waals surface area contributed by atoms with E-state index >= 15 is 0 Å². The minimum Gasteiger partial charge on any atom is -0.477 e. The van der Waals surface area contributed by atoms with Crippen molar-refractivity contribution >= 4 is 62.8 Å². The van der Waals surface area contributed by atoms with E-state index in [1.54, 1.807) is 17.4 Å². The monoisotopic (exact) mass is 784 g/mol. The molecule has 0 aliphatic rings. The molecule has 0 radical (unpaired) electrons. The number of aliphatic carboxylic acids is 1. The summed E-state index contributed by atoms with van der Waals surface area (Å²) in [6, 6.07) is 63.8. The zero-order valence-corrected chi connectivity index (χ0v) is 32.5. The first-order valence-electron chi connectivity index (χ1n) is 18.6. The number of rotatable bonds is 10. The molecule has 8 heteroatoms. The van der Waals surface area contributed by atoms with E-state index in [4.69, 9.17) is 9.97 Å². The lowest BCUT2D eigenvalue weighted by molar-refractivity contribution is -0.132. The van der Waals surface area contributed by atoms with E-state index < -0.39 is 5.97 Å². The predicted octanol–water partition coefficient (Wildman–Crippen LogP) is 13.5. The molecule has 3 aromatic heterocycles. The maximum Gasteiger partial charge on any atom is 0.346 e. The first kappa shape index (κ1) is 36.2. The van der Waals surface area contributed by atoms with E-state index in [-0.39, 0.29) is 5.57 Å². The third-order valence-electron chi connectivity index (χ3n) is 9.76. The van der Waals surface area contributed by atoms with Crippen molar-refractivity contribution < 1.29 is 9.90 Å². The van der Waals surface area contributed by atoms with Crippen molar-refractivity contribution in [3.05, 3.63) is 192 Å². The second kappa shape index (κ2) is 16.0. The molecule has 0 aliphatic heterocycles. The van der Waals surface area contributed by atoms with Crippen LogP contribution in [0.1, 0.15) is 4.88 Å². The zero-order valence-electron chi connectivity index (χ0n) is 30.9. The molecule has 6 nitrogen and oxygen atoms in total. The maximum absolute atomic E-state index is 11.5. The summed E-state index contributed by atoms with van der Waals surface area (Å²) >= 11 is 3.08. The van der Waals surface area contributed by atoms with E-state index in [0.29, 0.717) is 4.88 Å². The van der Waals surface area contributed by atoms with Gasteiger partial charge in [0.05, 0.1) is 22.4 Å². The minimum absolute atomic E-state index is 0.297. The summed E-state index contributed by atoms with van der Waals surface area (Å²) in [5.74, 6) is -1.24. The van der Waals surface area contributed by atoms with Gasteiger partial charge in [-0.2, -0.15) is 5.26 Å². The van der Waals surface area contributed by atoms with Gasteiger partial charge in [0.2, 0.25) is 0 Å². The highest BCUT2D eigenvalue weighted by molar-refractivity contribution is 7.24. The minimum atomic E-state index is -1.24. The SMILES string of the molecule is N#C/C(=C\c1ccc(-c2ccc(-c3ccc(-c4ccc(N(c5ccccc5)c5ccccc5)cc4)c4nc(-c5ccccc5)c(-c5ccccc5)nc34)s2)s1)C(=O)O. The lowest BCUT2D eigenvalue weighted by Gasteiger charge is -2.25. The number of carboxylic acids is 1. The molecule has 9 aromatic rings.